The molecule has 0 heterocycles. The van der Waals surface area contributed by atoms with Gasteiger partial charge in [0, 0.05) is 22.7 Å². The number of ether oxygens (including phenoxy) is 2. The molecule has 7 heteroatoms. The number of anilines is 1. The Morgan fingerprint density at radius 3 is 2.20 bits per heavy atom. The van der Waals surface area contributed by atoms with Crippen LogP contribution in [0.3, 0.4) is 0 Å². The van der Waals surface area contributed by atoms with Crippen LogP contribution in [0.15, 0.2) is 60.7 Å². The largest absolute Gasteiger partial charge is 0.493 e. The van der Waals surface area contributed by atoms with Gasteiger partial charge in [0.2, 0.25) is 0 Å². The quantitative estimate of drug-likeness (QED) is 0.361. The van der Waals surface area contributed by atoms with Gasteiger partial charge in [-0.3, -0.25) is 4.79 Å². The molecule has 3 aromatic carbocycles. The number of carbonyl (C=O) groups is 1. The number of benzene rings is 3. The average molecular weight is 465 g/mol. The van der Waals surface area contributed by atoms with E-state index >= 15 is 0 Å². The van der Waals surface area contributed by atoms with E-state index in [-0.39, 0.29) is 18.2 Å². The van der Waals surface area contributed by atoms with E-state index < -0.39 is 0 Å². The summed E-state index contributed by atoms with van der Waals surface area (Å²) in [7, 11) is 3.09. The van der Waals surface area contributed by atoms with Crippen molar-refractivity contribution in [3.63, 3.8) is 0 Å². The summed E-state index contributed by atoms with van der Waals surface area (Å²) in [4.78, 5) is 13.1. The van der Waals surface area contributed by atoms with Gasteiger partial charge in [0.15, 0.2) is 17.3 Å². The first kappa shape index (κ1) is 22.3. The molecule has 0 amide bonds. The lowest BCUT2D eigenvalue weighted by Gasteiger charge is -2.21. The fourth-order valence-corrected chi connectivity index (χ4v) is 3.47. The second kappa shape index (κ2) is 10.1. The minimum atomic E-state index is -0.332. The molecule has 0 bridgehead atoms. The third kappa shape index (κ3) is 5.39. The number of Topliss-reactive ketones (excluding diaryl/α,β-unsaturated/α-hetero) is 1. The standard InChI is InChI=1S/C23H20Cl3NO3/c1-29-22-10-4-15(12-23(22)30-2)21(28)13-20(14-3-9-18(25)19(26)11-14)27-17-7-5-16(24)6-8-17/h3-12,20,27H,13H2,1-2H3. The van der Waals surface area contributed by atoms with E-state index in [1.54, 1.807) is 49.6 Å². The molecule has 0 aliphatic carbocycles. The highest BCUT2D eigenvalue weighted by atomic mass is 35.5. The number of methoxy groups -OCH3 is 2. The molecule has 0 radical (unpaired) electrons. The van der Waals surface area contributed by atoms with Crippen LogP contribution >= 0.6 is 34.8 Å². The van der Waals surface area contributed by atoms with E-state index in [2.05, 4.69) is 5.32 Å². The predicted octanol–water partition coefficient (Wildman–Crippen LogP) is 7.09. The summed E-state index contributed by atoms with van der Waals surface area (Å²) in [5.74, 6) is 1.00. The van der Waals surface area contributed by atoms with Crippen molar-refractivity contribution in [3.8, 4) is 11.5 Å². The number of rotatable bonds is 8. The third-order valence-electron chi connectivity index (χ3n) is 4.63. The van der Waals surface area contributed by atoms with Crippen LogP contribution in [-0.2, 0) is 0 Å². The summed E-state index contributed by atoms with van der Waals surface area (Å²) in [6.45, 7) is 0. The SMILES string of the molecule is COc1ccc(C(=O)CC(Nc2ccc(Cl)cc2)c2ccc(Cl)c(Cl)c2)cc1OC. The summed E-state index contributed by atoms with van der Waals surface area (Å²) in [5, 5.41) is 4.90. The maximum absolute atomic E-state index is 13.1. The molecular weight excluding hydrogens is 445 g/mol. The zero-order valence-corrected chi connectivity index (χ0v) is 18.7. The zero-order chi connectivity index (χ0) is 21.7. The molecule has 0 aliphatic heterocycles. The van der Waals surface area contributed by atoms with Crippen LogP contribution in [0, 0.1) is 0 Å². The highest BCUT2D eigenvalue weighted by molar-refractivity contribution is 6.42. The number of ketones is 1. The Bertz CT molecular complexity index is 1040. The maximum atomic E-state index is 13.1. The van der Waals surface area contributed by atoms with Gasteiger partial charge in [0.05, 0.1) is 30.3 Å². The molecule has 3 aromatic rings. The Balaban J connectivity index is 1.90. The molecule has 0 aliphatic rings. The van der Waals surface area contributed by atoms with Gasteiger partial charge < -0.3 is 14.8 Å². The van der Waals surface area contributed by atoms with Crippen molar-refractivity contribution < 1.29 is 14.3 Å². The Labute approximate surface area is 190 Å². The number of hydrogen-bond acceptors (Lipinski definition) is 4. The van der Waals surface area contributed by atoms with Gasteiger partial charge in [-0.1, -0.05) is 40.9 Å². The highest BCUT2D eigenvalue weighted by Gasteiger charge is 2.20. The molecule has 4 nitrogen and oxygen atoms in total. The summed E-state index contributed by atoms with van der Waals surface area (Å²) in [5.41, 5.74) is 2.19. The fraction of sp³-hybridized carbons (Fsp3) is 0.174. The van der Waals surface area contributed by atoms with Crippen molar-refractivity contribution in [1.82, 2.24) is 0 Å². The highest BCUT2D eigenvalue weighted by Crippen LogP contribution is 2.32. The number of carbonyl (C=O) groups excluding carboxylic acids is 1. The normalized spacial score (nSPS) is 11.6. The molecule has 1 atom stereocenters. The van der Waals surface area contributed by atoms with E-state index in [4.69, 9.17) is 44.3 Å². The van der Waals surface area contributed by atoms with Crippen LogP contribution in [0.25, 0.3) is 0 Å². The van der Waals surface area contributed by atoms with Gasteiger partial charge in [0.1, 0.15) is 0 Å². The summed E-state index contributed by atoms with van der Waals surface area (Å²) in [6, 6.07) is 17.4. The Morgan fingerprint density at radius 1 is 0.867 bits per heavy atom. The van der Waals surface area contributed by atoms with Crippen LogP contribution in [0.5, 0.6) is 11.5 Å². The van der Waals surface area contributed by atoms with Crippen molar-refractivity contribution in [2.45, 2.75) is 12.5 Å². The minimum Gasteiger partial charge on any atom is -0.493 e. The second-order valence-corrected chi connectivity index (χ2v) is 7.83. The Hall–Kier alpha value is -2.40. The van der Waals surface area contributed by atoms with Gasteiger partial charge >= 0.3 is 0 Å². The first-order valence-corrected chi connectivity index (χ1v) is 10.3. The molecule has 0 fully saturated rings. The third-order valence-corrected chi connectivity index (χ3v) is 5.62. The first-order valence-electron chi connectivity index (χ1n) is 9.13. The number of nitrogens with one attached hydrogen (secondary N) is 1. The maximum Gasteiger partial charge on any atom is 0.165 e. The van der Waals surface area contributed by atoms with E-state index in [0.717, 1.165) is 11.3 Å². The van der Waals surface area contributed by atoms with Crippen molar-refractivity contribution in [1.29, 1.82) is 0 Å². The minimum absolute atomic E-state index is 0.0616. The lowest BCUT2D eigenvalue weighted by atomic mass is 9.97. The average Bonchev–Trinajstić information content (AvgIpc) is 2.76. The van der Waals surface area contributed by atoms with E-state index in [1.807, 2.05) is 18.2 Å². The molecule has 0 saturated carbocycles. The van der Waals surface area contributed by atoms with Gasteiger partial charge in [-0.15, -0.1) is 0 Å². The van der Waals surface area contributed by atoms with Crippen LogP contribution in [0.4, 0.5) is 5.69 Å². The number of hydrogen-bond donors (Lipinski definition) is 1. The second-order valence-electron chi connectivity index (χ2n) is 6.57. The van der Waals surface area contributed by atoms with Crippen LogP contribution in [0.1, 0.15) is 28.4 Å². The molecule has 0 aromatic heterocycles. The van der Waals surface area contributed by atoms with Crippen molar-refractivity contribution in [3.05, 3.63) is 86.9 Å². The monoisotopic (exact) mass is 463 g/mol. The molecular formula is C23H20Cl3NO3. The molecule has 1 N–H and O–H groups in total. The molecule has 30 heavy (non-hydrogen) atoms. The van der Waals surface area contributed by atoms with E-state index in [9.17, 15) is 4.79 Å². The summed E-state index contributed by atoms with van der Waals surface area (Å²) < 4.78 is 10.6. The van der Waals surface area contributed by atoms with E-state index in [1.165, 1.54) is 7.11 Å². The molecule has 1 unspecified atom stereocenters. The smallest absolute Gasteiger partial charge is 0.165 e. The lowest BCUT2D eigenvalue weighted by Crippen LogP contribution is -2.16. The van der Waals surface area contributed by atoms with Crippen LogP contribution in [-0.4, -0.2) is 20.0 Å². The summed E-state index contributed by atoms with van der Waals surface area (Å²) >= 11 is 18.3. The Kier molecular flexibility index (Phi) is 7.48. The zero-order valence-electron chi connectivity index (χ0n) is 16.4. The van der Waals surface area contributed by atoms with Crippen molar-refractivity contribution in [2.24, 2.45) is 0 Å². The first-order chi connectivity index (χ1) is 14.4. The van der Waals surface area contributed by atoms with Gasteiger partial charge in [-0.05, 0) is 60.2 Å². The van der Waals surface area contributed by atoms with Crippen LogP contribution < -0.4 is 14.8 Å². The number of halogens is 3. The van der Waals surface area contributed by atoms with Crippen molar-refractivity contribution in [2.75, 3.05) is 19.5 Å². The predicted molar refractivity (Wildman–Crippen MR) is 123 cm³/mol. The fourth-order valence-electron chi connectivity index (χ4n) is 3.04. The molecule has 156 valence electrons. The molecule has 0 spiro atoms. The van der Waals surface area contributed by atoms with Gasteiger partial charge in [-0.2, -0.15) is 0 Å². The van der Waals surface area contributed by atoms with Crippen LogP contribution in [0.2, 0.25) is 15.1 Å². The summed E-state index contributed by atoms with van der Waals surface area (Å²) in [6.07, 6.45) is 0.191. The lowest BCUT2D eigenvalue weighted by molar-refractivity contribution is 0.0976. The topological polar surface area (TPSA) is 47.6 Å². The van der Waals surface area contributed by atoms with Gasteiger partial charge in [0.25, 0.3) is 0 Å². The van der Waals surface area contributed by atoms with Crippen molar-refractivity contribution >= 4 is 46.3 Å². The Morgan fingerprint density at radius 2 is 1.57 bits per heavy atom. The molecule has 0 saturated heterocycles. The van der Waals surface area contributed by atoms with E-state index in [0.29, 0.717) is 32.1 Å². The molecule has 3 rings (SSSR count). The van der Waals surface area contributed by atoms with Gasteiger partial charge in [-0.25, -0.2) is 0 Å².